The van der Waals surface area contributed by atoms with Crippen molar-refractivity contribution < 1.29 is 28.6 Å². The number of allylic oxidation sites excluding steroid dienone is 1. The molecule has 3 rings (SSSR count). The highest BCUT2D eigenvalue weighted by Crippen LogP contribution is 2.38. The van der Waals surface area contributed by atoms with E-state index in [2.05, 4.69) is 27.3 Å². The molecule has 0 heterocycles. The molecule has 2 N–H and O–H groups in total. The van der Waals surface area contributed by atoms with Crippen LogP contribution in [0.1, 0.15) is 28.4 Å². The quantitative estimate of drug-likeness (QED) is 0.264. The minimum absolute atomic E-state index is 0.123. The van der Waals surface area contributed by atoms with E-state index in [1.54, 1.807) is 37.3 Å². The van der Waals surface area contributed by atoms with Gasteiger partial charge in [0, 0.05) is 5.69 Å². The van der Waals surface area contributed by atoms with Gasteiger partial charge in [0.15, 0.2) is 18.1 Å². The lowest BCUT2D eigenvalue weighted by Crippen LogP contribution is -2.20. The molecule has 0 fully saturated rings. The van der Waals surface area contributed by atoms with Crippen LogP contribution in [-0.2, 0) is 4.79 Å². The number of hydrogen-bond donors (Lipinski definition) is 2. The monoisotopic (exact) mass is 538 g/mol. The molecule has 35 heavy (non-hydrogen) atoms. The van der Waals surface area contributed by atoms with E-state index in [1.165, 1.54) is 36.4 Å². The summed E-state index contributed by atoms with van der Waals surface area (Å²) in [5.74, 6) is -1.22. The zero-order chi connectivity index (χ0) is 25.4. The van der Waals surface area contributed by atoms with Crippen molar-refractivity contribution >= 4 is 45.1 Å². The normalized spacial score (nSPS) is 10.9. The molecule has 0 bridgehead atoms. The fraction of sp³-hybridized carbons (Fsp3) is 0.115. The molecule has 178 valence electrons. The maximum absolute atomic E-state index is 13.0. The lowest BCUT2D eigenvalue weighted by atomic mass is 10.0. The number of ether oxygens (including phenoxy) is 2. The molecular weight excluding hydrogens is 519 g/mol. The molecule has 0 unspecified atom stereocenters. The van der Waals surface area contributed by atoms with E-state index in [-0.39, 0.29) is 12.2 Å². The van der Waals surface area contributed by atoms with Gasteiger partial charge >= 0.3 is 5.97 Å². The highest BCUT2D eigenvalue weighted by molar-refractivity contribution is 9.10. The van der Waals surface area contributed by atoms with Crippen LogP contribution in [-0.4, -0.2) is 30.2 Å². The van der Waals surface area contributed by atoms with E-state index in [9.17, 15) is 19.2 Å². The van der Waals surface area contributed by atoms with Crippen molar-refractivity contribution in [1.82, 2.24) is 0 Å². The summed E-state index contributed by atoms with van der Waals surface area (Å²) in [4.78, 5) is 23.3. The van der Waals surface area contributed by atoms with Gasteiger partial charge < -0.3 is 19.9 Å². The second-order valence-electron chi connectivity index (χ2n) is 7.16. The third kappa shape index (κ3) is 6.91. The van der Waals surface area contributed by atoms with E-state index in [0.717, 1.165) is 0 Å². The maximum Gasteiger partial charge on any atom is 0.335 e. The van der Waals surface area contributed by atoms with Crippen molar-refractivity contribution in [1.29, 1.82) is 5.26 Å². The Kier molecular flexibility index (Phi) is 8.59. The average molecular weight is 539 g/mol. The first-order chi connectivity index (χ1) is 16.8. The minimum atomic E-state index is -1.05. The summed E-state index contributed by atoms with van der Waals surface area (Å²) in [6.07, 6.45) is 1.63. The van der Waals surface area contributed by atoms with E-state index in [1.807, 2.05) is 0 Å². The number of carbonyl (C=O) groups is 2. The Morgan fingerprint density at radius 3 is 2.34 bits per heavy atom. The van der Waals surface area contributed by atoms with Gasteiger partial charge in [-0.1, -0.05) is 12.1 Å². The van der Waals surface area contributed by atoms with Crippen LogP contribution in [0.5, 0.6) is 11.5 Å². The van der Waals surface area contributed by atoms with Gasteiger partial charge in [0.2, 0.25) is 0 Å². The fourth-order valence-corrected chi connectivity index (χ4v) is 3.66. The fourth-order valence-electron chi connectivity index (χ4n) is 3.08. The highest BCUT2D eigenvalue weighted by atomic mass is 79.9. The number of carboxylic acid groups (broad SMARTS) is 1. The zero-order valence-electron chi connectivity index (χ0n) is 18.5. The van der Waals surface area contributed by atoms with Crippen LogP contribution in [0.3, 0.4) is 0 Å². The lowest BCUT2D eigenvalue weighted by molar-refractivity contribution is -0.118. The summed E-state index contributed by atoms with van der Waals surface area (Å²) >= 11 is 3.43. The van der Waals surface area contributed by atoms with Crippen LogP contribution in [0.2, 0.25) is 0 Å². The number of nitriles is 1. The molecule has 0 radical (unpaired) electrons. The molecule has 0 atom stereocenters. The number of carbonyl (C=O) groups excluding carboxylic acids is 1. The van der Waals surface area contributed by atoms with Gasteiger partial charge in [-0.3, -0.25) is 4.79 Å². The SMILES string of the molecule is CCOc1cc(/C=C(/C#N)c2ccc(C(=O)O)cc2)cc(Br)c1OCC(=O)Nc1ccc(F)cc1. The molecular formula is C26H20BrFN2O5. The molecule has 7 nitrogen and oxygen atoms in total. The number of carboxylic acids is 1. The van der Waals surface area contributed by atoms with Crippen molar-refractivity contribution in [3.63, 3.8) is 0 Å². The van der Waals surface area contributed by atoms with Crippen LogP contribution in [0, 0.1) is 17.1 Å². The molecule has 0 aromatic heterocycles. The summed E-state index contributed by atoms with van der Waals surface area (Å²) in [5, 5.41) is 21.3. The first-order valence-electron chi connectivity index (χ1n) is 10.4. The Labute approximate surface area is 209 Å². The molecule has 1 amide bonds. The van der Waals surface area contributed by atoms with Crippen molar-refractivity contribution in [3.05, 3.63) is 87.6 Å². The number of benzene rings is 3. The Bertz CT molecular complexity index is 1300. The number of anilines is 1. The standard InChI is InChI=1S/C26H20BrFN2O5/c1-2-34-23-13-16(11-19(14-29)17-3-5-18(6-4-17)26(32)33)12-22(27)25(23)35-15-24(31)30-21-9-7-20(28)8-10-21/h3-13H,2,15H2,1H3,(H,30,31)(H,32,33)/b19-11-. The Balaban J connectivity index is 1.81. The Morgan fingerprint density at radius 1 is 1.09 bits per heavy atom. The highest BCUT2D eigenvalue weighted by Gasteiger charge is 2.15. The molecule has 0 aliphatic carbocycles. The second-order valence-corrected chi connectivity index (χ2v) is 8.01. The van der Waals surface area contributed by atoms with E-state index < -0.39 is 17.7 Å². The first-order valence-corrected chi connectivity index (χ1v) is 11.2. The summed E-state index contributed by atoms with van der Waals surface area (Å²) in [7, 11) is 0. The van der Waals surface area contributed by atoms with Crippen molar-refractivity contribution in [2.45, 2.75) is 6.92 Å². The number of nitrogens with zero attached hydrogens (tertiary/aromatic N) is 1. The molecule has 0 aliphatic rings. The average Bonchev–Trinajstić information content (AvgIpc) is 2.83. The smallest absolute Gasteiger partial charge is 0.335 e. The molecule has 9 heteroatoms. The third-order valence-electron chi connectivity index (χ3n) is 4.68. The zero-order valence-corrected chi connectivity index (χ0v) is 20.1. The Hall–Kier alpha value is -4.16. The van der Waals surface area contributed by atoms with Gasteiger partial charge in [0.05, 0.1) is 28.3 Å². The predicted octanol–water partition coefficient (Wildman–Crippen LogP) is 5.77. The lowest BCUT2D eigenvalue weighted by Gasteiger charge is -2.15. The maximum atomic E-state index is 13.0. The predicted molar refractivity (Wildman–Crippen MR) is 133 cm³/mol. The van der Waals surface area contributed by atoms with Gasteiger partial charge in [0.1, 0.15) is 5.82 Å². The van der Waals surface area contributed by atoms with Crippen molar-refractivity contribution in [2.75, 3.05) is 18.5 Å². The van der Waals surface area contributed by atoms with Crippen LogP contribution in [0.4, 0.5) is 10.1 Å². The number of nitrogens with one attached hydrogen (secondary N) is 1. The van der Waals surface area contributed by atoms with E-state index in [4.69, 9.17) is 14.6 Å². The van der Waals surface area contributed by atoms with Crippen LogP contribution < -0.4 is 14.8 Å². The van der Waals surface area contributed by atoms with Crippen LogP contribution >= 0.6 is 15.9 Å². The van der Waals surface area contributed by atoms with Crippen LogP contribution in [0.15, 0.2) is 65.1 Å². The number of rotatable bonds is 9. The van der Waals surface area contributed by atoms with Crippen molar-refractivity contribution in [2.24, 2.45) is 0 Å². The summed E-state index contributed by atoms with van der Waals surface area (Å²) in [5.41, 5.74) is 2.07. The van der Waals surface area contributed by atoms with E-state index >= 15 is 0 Å². The van der Waals surface area contributed by atoms with E-state index in [0.29, 0.717) is 45.0 Å². The summed E-state index contributed by atoms with van der Waals surface area (Å²) in [6, 6.07) is 16.8. The number of hydrogen-bond acceptors (Lipinski definition) is 5. The molecule has 0 spiro atoms. The largest absolute Gasteiger partial charge is 0.490 e. The Morgan fingerprint density at radius 2 is 1.74 bits per heavy atom. The van der Waals surface area contributed by atoms with Gasteiger partial charge in [-0.15, -0.1) is 0 Å². The third-order valence-corrected chi connectivity index (χ3v) is 5.27. The topological polar surface area (TPSA) is 109 Å². The summed E-state index contributed by atoms with van der Waals surface area (Å²) < 4.78 is 24.9. The second kappa shape index (κ2) is 11.8. The first kappa shape index (κ1) is 25.5. The number of amides is 1. The van der Waals surface area contributed by atoms with Crippen LogP contribution in [0.25, 0.3) is 11.6 Å². The van der Waals surface area contributed by atoms with Crippen molar-refractivity contribution in [3.8, 4) is 17.6 Å². The summed E-state index contributed by atoms with van der Waals surface area (Å²) in [6.45, 7) is 1.82. The van der Waals surface area contributed by atoms with Gasteiger partial charge in [-0.25, -0.2) is 9.18 Å². The number of aromatic carboxylic acids is 1. The minimum Gasteiger partial charge on any atom is -0.490 e. The number of halogens is 2. The van der Waals surface area contributed by atoms with Gasteiger partial charge in [0.25, 0.3) is 5.91 Å². The molecule has 0 saturated heterocycles. The molecule has 3 aromatic rings. The van der Waals surface area contributed by atoms with Gasteiger partial charge in [-0.05, 0) is 88.6 Å². The molecule has 0 saturated carbocycles. The van der Waals surface area contributed by atoms with Gasteiger partial charge in [-0.2, -0.15) is 5.26 Å². The molecule has 0 aliphatic heterocycles. The molecule has 3 aromatic carbocycles.